The molecule has 0 bridgehead atoms. The Morgan fingerprint density at radius 3 is 2.86 bits per heavy atom. The molecule has 2 aromatic rings. The number of anilines is 1. The van der Waals surface area contributed by atoms with Crippen LogP contribution in [-0.4, -0.2) is 23.4 Å². The summed E-state index contributed by atoms with van der Waals surface area (Å²) >= 11 is 0. The first-order chi connectivity index (χ1) is 10.1. The summed E-state index contributed by atoms with van der Waals surface area (Å²) in [6.45, 7) is 2.78. The van der Waals surface area contributed by atoms with E-state index in [9.17, 15) is 9.59 Å². The number of hydrogen-bond acceptors (Lipinski definition) is 4. The number of para-hydroxylation sites is 1. The van der Waals surface area contributed by atoms with Crippen LogP contribution in [0.2, 0.25) is 0 Å². The molecule has 1 aromatic carbocycles. The average molecular weight is 285 g/mol. The fraction of sp³-hybridized carbons (Fsp3) is 0.250. The van der Waals surface area contributed by atoms with Gasteiger partial charge in [0.25, 0.3) is 0 Å². The minimum Gasteiger partial charge on any atom is -0.475 e. The van der Waals surface area contributed by atoms with E-state index in [4.69, 9.17) is 9.52 Å². The predicted molar refractivity (Wildman–Crippen MR) is 76.8 cm³/mol. The van der Waals surface area contributed by atoms with Gasteiger partial charge in [0, 0.05) is 29.8 Å². The molecule has 0 aliphatic carbocycles. The molecule has 1 aliphatic heterocycles. The number of hydrogen-bond donors (Lipinski definition) is 1. The van der Waals surface area contributed by atoms with Crippen LogP contribution >= 0.6 is 0 Å². The van der Waals surface area contributed by atoms with Crippen LogP contribution in [0.3, 0.4) is 0 Å². The molecular formula is C16H15NO4. The quantitative estimate of drug-likeness (QED) is 0.939. The number of benzene rings is 1. The zero-order valence-corrected chi connectivity index (χ0v) is 11.6. The third kappa shape index (κ3) is 2.42. The SMILES string of the molecule is Cc1cc(CN2CCC(=O)c3ccccc32)oc1C(=O)O. The maximum absolute atomic E-state index is 11.9. The summed E-state index contributed by atoms with van der Waals surface area (Å²) in [5.41, 5.74) is 2.20. The van der Waals surface area contributed by atoms with Crippen LogP contribution in [0.25, 0.3) is 0 Å². The first kappa shape index (κ1) is 13.4. The number of Topliss-reactive ketones (excluding diaryl/α,β-unsaturated/α-hetero) is 1. The van der Waals surface area contributed by atoms with E-state index >= 15 is 0 Å². The van der Waals surface area contributed by atoms with Crippen LogP contribution in [-0.2, 0) is 6.54 Å². The number of rotatable bonds is 3. The van der Waals surface area contributed by atoms with Crippen molar-refractivity contribution in [2.24, 2.45) is 0 Å². The molecule has 5 heteroatoms. The smallest absolute Gasteiger partial charge is 0.372 e. The number of carbonyl (C=O) groups excluding carboxylic acids is 1. The van der Waals surface area contributed by atoms with Gasteiger partial charge in [-0.25, -0.2) is 4.79 Å². The summed E-state index contributed by atoms with van der Waals surface area (Å²) in [4.78, 5) is 25.0. The molecule has 5 nitrogen and oxygen atoms in total. The number of aromatic carboxylic acids is 1. The molecule has 2 heterocycles. The molecule has 0 radical (unpaired) electrons. The van der Waals surface area contributed by atoms with E-state index in [1.807, 2.05) is 29.2 Å². The molecule has 0 unspecified atom stereocenters. The van der Waals surface area contributed by atoms with Crippen LogP contribution in [0.5, 0.6) is 0 Å². The topological polar surface area (TPSA) is 70.8 Å². The summed E-state index contributed by atoms with van der Waals surface area (Å²) in [5, 5.41) is 9.03. The summed E-state index contributed by atoms with van der Waals surface area (Å²) in [6.07, 6.45) is 0.461. The van der Waals surface area contributed by atoms with E-state index in [1.165, 1.54) is 0 Å². The van der Waals surface area contributed by atoms with Crippen molar-refractivity contribution in [2.75, 3.05) is 11.4 Å². The lowest BCUT2D eigenvalue weighted by atomic mass is 10.0. The largest absolute Gasteiger partial charge is 0.475 e. The number of aryl methyl sites for hydroxylation is 1. The Labute approximate surface area is 121 Å². The fourth-order valence-corrected chi connectivity index (χ4v) is 2.67. The molecule has 1 aromatic heterocycles. The van der Waals surface area contributed by atoms with E-state index in [0.29, 0.717) is 36.4 Å². The Kier molecular flexibility index (Phi) is 3.25. The first-order valence-corrected chi connectivity index (χ1v) is 6.76. The maximum atomic E-state index is 11.9. The second kappa shape index (κ2) is 5.09. The van der Waals surface area contributed by atoms with Crippen LogP contribution in [0.1, 0.15) is 38.7 Å². The van der Waals surface area contributed by atoms with Crippen LogP contribution < -0.4 is 4.90 Å². The van der Waals surface area contributed by atoms with Gasteiger partial charge in [0.1, 0.15) is 5.76 Å². The predicted octanol–water partition coefficient (Wildman–Crippen LogP) is 2.88. The van der Waals surface area contributed by atoms with Gasteiger partial charge in [-0.2, -0.15) is 0 Å². The number of fused-ring (bicyclic) bond motifs is 1. The fourth-order valence-electron chi connectivity index (χ4n) is 2.67. The molecular weight excluding hydrogens is 270 g/mol. The van der Waals surface area contributed by atoms with E-state index in [0.717, 1.165) is 5.69 Å². The average Bonchev–Trinajstić information content (AvgIpc) is 2.83. The van der Waals surface area contributed by atoms with Crippen LogP contribution in [0.15, 0.2) is 34.7 Å². The van der Waals surface area contributed by atoms with E-state index in [2.05, 4.69) is 0 Å². The molecule has 108 valence electrons. The van der Waals surface area contributed by atoms with Gasteiger partial charge in [0.15, 0.2) is 5.78 Å². The number of ketones is 1. The zero-order chi connectivity index (χ0) is 15.0. The van der Waals surface area contributed by atoms with Crippen molar-refractivity contribution in [3.63, 3.8) is 0 Å². The summed E-state index contributed by atoms with van der Waals surface area (Å²) < 4.78 is 5.39. The number of nitrogens with zero attached hydrogens (tertiary/aromatic N) is 1. The normalized spacial score (nSPS) is 14.1. The number of carbonyl (C=O) groups is 2. The Morgan fingerprint density at radius 2 is 2.14 bits per heavy atom. The second-order valence-electron chi connectivity index (χ2n) is 5.14. The van der Waals surface area contributed by atoms with Crippen molar-refractivity contribution in [3.05, 3.63) is 53.0 Å². The van der Waals surface area contributed by atoms with E-state index < -0.39 is 5.97 Å². The third-order valence-corrected chi connectivity index (χ3v) is 3.66. The highest BCUT2D eigenvalue weighted by molar-refractivity contribution is 6.03. The number of carboxylic acid groups (broad SMARTS) is 1. The summed E-state index contributed by atoms with van der Waals surface area (Å²) in [5.74, 6) is -0.350. The second-order valence-corrected chi connectivity index (χ2v) is 5.14. The monoisotopic (exact) mass is 285 g/mol. The third-order valence-electron chi connectivity index (χ3n) is 3.66. The molecule has 0 amide bonds. The van der Waals surface area contributed by atoms with Crippen molar-refractivity contribution in [3.8, 4) is 0 Å². The molecule has 3 rings (SSSR count). The molecule has 0 fully saturated rings. The van der Waals surface area contributed by atoms with Crippen molar-refractivity contribution in [2.45, 2.75) is 19.9 Å². The summed E-state index contributed by atoms with van der Waals surface area (Å²) in [6, 6.07) is 9.20. The lowest BCUT2D eigenvalue weighted by Crippen LogP contribution is -2.31. The molecule has 1 N–H and O–H groups in total. The number of carboxylic acids is 1. The highest BCUT2D eigenvalue weighted by atomic mass is 16.4. The van der Waals surface area contributed by atoms with Gasteiger partial charge >= 0.3 is 5.97 Å². The minimum absolute atomic E-state index is 0.0219. The molecule has 0 spiro atoms. The highest BCUT2D eigenvalue weighted by Crippen LogP contribution is 2.28. The molecule has 0 saturated carbocycles. The minimum atomic E-state index is -1.06. The number of furan rings is 1. The van der Waals surface area contributed by atoms with Gasteiger partial charge in [-0.1, -0.05) is 12.1 Å². The van der Waals surface area contributed by atoms with Crippen molar-refractivity contribution >= 4 is 17.4 Å². The van der Waals surface area contributed by atoms with Gasteiger partial charge in [-0.15, -0.1) is 0 Å². The van der Waals surface area contributed by atoms with Crippen LogP contribution in [0.4, 0.5) is 5.69 Å². The van der Waals surface area contributed by atoms with Gasteiger partial charge in [-0.3, -0.25) is 4.79 Å². The molecule has 0 atom stereocenters. The summed E-state index contributed by atoms with van der Waals surface area (Å²) in [7, 11) is 0. The lowest BCUT2D eigenvalue weighted by molar-refractivity contribution is 0.0659. The Morgan fingerprint density at radius 1 is 1.38 bits per heavy atom. The van der Waals surface area contributed by atoms with Gasteiger partial charge in [0.05, 0.1) is 6.54 Å². The Bertz CT molecular complexity index is 717. The first-order valence-electron chi connectivity index (χ1n) is 6.76. The van der Waals surface area contributed by atoms with Gasteiger partial charge < -0.3 is 14.4 Å². The highest BCUT2D eigenvalue weighted by Gasteiger charge is 2.24. The lowest BCUT2D eigenvalue weighted by Gasteiger charge is -2.29. The molecule has 21 heavy (non-hydrogen) atoms. The molecule has 1 aliphatic rings. The van der Waals surface area contributed by atoms with Crippen molar-refractivity contribution < 1.29 is 19.1 Å². The van der Waals surface area contributed by atoms with E-state index in [-0.39, 0.29) is 11.5 Å². The van der Waals surface area contributed by atoms with Crippen LogP contribution in [0, 0.1) is 6.92 Å². The van der Waals surface area contributed by atoms with Crippen molar-refractivity contribution in [1.29, 1.82) is 0 Å². The van der Waals surface area contributed by atoms with Crippen molar-refractivity contribution in [1.82, 2.24) is 0 Å². The standard InChI is InChI=1S/C16H15NO4/c1-10-8-11(21-15(10)16(19)20)9-17-7-6-14(18)12-4-2-3-5-13(12)17/h2-5,8H,6-7,9H2,1H3,(H,19,20). The zero-order valence-electron chi connectivity index (χ0n) is 11.6. The van der Waals surface area contributed by atoms with Gasteiger partial charge in [-0.05, 0) is 25.1 Å². The Balaban J connectivity index is 1.89. The molecule has 0 saturated heterocycles. The van der Waals surface area contributed by atoms with Gasteiger partial charge in [0.2, 0.25) is 5.76 Å². The maximum Gasteiger partial charge on any atom is 0.372 e. The van der Waals surface area contributed by atoms with E-state index in [1.54, 1.807) is 13.0 Å². The Hall–Kier alpha value is -2.56.